The SMILES string of the molecule is COc1ccc(CN(Cc2ccccc2F)C(=S)Nc2ccc(C)cc2OC)cc1. The zero-order chi connectivity index (χ0) is 21.5. The highest BCUT2D eigenvalue weighted by Crippen LogP contribution is 2.26. The van der Waals surface area contributed by atoms with Crippen molar-refractivity contribution < 1.29 is 13.9 Å². The molecule has 0 saturated carbocycles. The average molecular weight is 425 g/mol. The monoisotopic (exact) mass is 424 g/mol. The van der Waals surface area contributed by atoms with E-state index in [-0.39, 0.29) is 5.82 Å². The topological polar surface area (TPSA) is 33.7 Å². The van der Waals surface area contributed by atoms with Crippen LogP contribution in [0.3, 0.4) is 0 Å². The van der Waals surface area contributed by atoms with Gasteiger partial charge in [-0.3, -0.25) is 0 Å². The van der Waals surface area contributed by atoms with Gasteiger partial charge in [0.1, 0.15) is 17.3 Å². The van der Waals surface area contributed by atoms with Gasteiger partial charge in [0.25, 0.3) is 0 Å². The van der Waals surface area contributed by atoms with Crippen molar-refractivity contribution in [2.75, 3.05) is 19.5 Å². The third-order valence-corrected chi connectivity index (χ3v) is 5.10. The van der Waals surface area contributed by atoms with Gasteiger partial charge in [-0.25, -0.2) is 4.39 Å². The number of nitrogens with zero attached hydrogens (tertiary/aromatic N) is 1. The molecule has 0 unspecified atom stereocenters. The van der Waals surface area contributed by atoms with E-state index in [1.165, 1.54) is 6.07 Å². The molecule has 0 radical (unpaired) electrons. The average Bonchev–Trinajstić information content (AvgIpc) is 2.76. The standard InChI is InChI=1S/C24H25FN2O2S/c1-17-8-13-22(23(14-17)29-3)26-24(30)27(16-19-6-4-5-7-21(19)25)15-18-9-11-20(28-2)12-10-18/h4-14H,15-16H2,1-3H3,(H,26,30). The van der Waals surface area contributed by atoms with Crippen LogP contribution in [0.5, 0.6) is 11.5 Å². The number of rotatable bonds is 7. The molecule has 0 fully saturated rings. The molecule has 0 aromatic heterocycles. The van der Waals surface area contributed by atoms with Crippen LogP contribution in [0.1, 0.15) is 16.7 Å². The summed E-state index contributed by atoms with van der Waals surface area (Å²) in [6, 6.07) is 20.3. The first kappa shape index (κ1) is 21.6. The van der Waals surface area contributed by atoms with Crippen molar-refractivity contribution >= 4 is 23.0 Å². The van der Waals surface area contributed by atoms with Crippen molar-refractivity contribution in [2.45, 2.75) is 20.0 Å². The molecule has 0 saturated heterocycles. The highest BCUT2D eigenvalue weighted by Gasteiger charge is 2.15. The molecule has 0 heterocycles. The fourth-order valence-electron chi connectivity index (χ4n) is 3.08. The van der Waals surface area contributed by atoms with E-state index >= 15 is 0 Å². The molecular formula is C24H25FN2O2S. The number of anilines is 1. The Bertz CT molecular complexity index is 1010. The van der Waals surface area contributed by atoms with Crippen molar-refractivity contribution in [3.05, 3.63) is 89.2 Å². The molecule has 6 heteroatoms. The molecule has 0 aliphatic rings. The quantitative estimate of drug-likeness (QED) is 0.503. The van der Waals surface area contributed by atoms with Gasteiger partial charge < -0.3 is 19.7 Å². The van der Waals surface area contributed by atoms with Gasteiger partial charge in [-0.05, 0) is 60.6 Å². The van der Waals surface area contributed by atoms with Crippen LogP contribution in [0.2, 0.25) is 0 Å². The Hall–Kier alpha value is -3.12. The Morgan fingerprint density at radius 2 is 1.70 bits per heavy atom. The summed E-state index contributed by atoms with van der Waals surface area (Å²) in [6.07, 6.45) is 0. The van der Waals surface area contributed by atoms with Crippen LogP contribution >= 0.6 is 12.2 Å². The molecular weight excluding hydrogens is 399 g/mol. The van der Waals surface area contributed by atoms with Crippen LogP contribution in [-0.2, 0) is 13.1 Å². The molecule has 0 aliphatic carbocycles. The van der Waals surface area contributed by atoms with Gasteiger partial charge in [0, 0.05) is 18.7 Å². The summed E-state index contributed by atoms with van der Waals surface area (Å²) < 4.78 is 25.0. The summed E-state index contributed by atoms with van der Waals surface area (Å²) in [5.74, 6) is 1.23. The van der Waals surface area contributed by atoms with E-state index in [1.54, 1.807) is 26.4 Å². The Morgan fingerprint density at radius 3 is 2.37 bits per heavy atom. The van der Waals surface area contributed by atoms with Crippen LogP contribution in [0.15, 0.2) is 66.7 Å². The minimum Gasteiger partial charge on any atom is -0.497 e. The second-order valence-corrected chi connectivity index (χ2v) is 7.32. The zero-order valence-electron chi connectivity index (χ0n) is 17.3. The highest BCUT2D eigenvalue weighted by atomic mass is 32.1. The van der Waals surface area contributed by atoms with Crippen molar-refractivity contribution in [3.8, 4) is 11.5 Å². The van der Waals surface area contributed by atoms with E-state index < -0.39 is 0 Å². The molecule has 30 heavy (non-hydrogen) atoms. The minimum absolute atomic E-state index is 0.257. The lowest BCUT2D eigenvalue weighted by atomic mass is 10.1. The van der Waals surface area contributed by atoms with Gasteiger partial charge in [0.15, 0.2) is 5.11 Å². The first-order chi connectivity index (χ1) is 14.5. The number of hydrogen-bond acceptors (Lipinski definition) is 3. The Kier molecular flexibility index (Phi) is 7.25. The summed E-state index contributed by atoms with van der Waals surface area (Å²) >= 11 is 5.70. The zero-order valence-corrected chi connectivity index (χ0v) is 18.1. The lowest BCUT2D eigenvalue weighted by Crippen LogP contribution is -2.34. The summed E-state index contributed by atoms with van der Waals surface area (Å²) in [5.41, 5.74) is 3.46. The normalized spacial score (nSPS) is 10.4. The Morgan fingerprint density at radius 1 is 0.967 bits per heavy atom. The van der Waals surface area contributed by atoms with E-state index in [0.717, 1.165) is 22.6 Å². The smallest absolute Gasteiger partial charge is 0.174 e. The number of aryl methyl sites for hydroxylation is 1. The largest absolute Gasteiger partial charge is 0.497 e. The molecule has 156 valence electrons. The number of hydrogen-bond donors (Lipinski definition) is 1. The van der Waals surface area contributed by atoms with E-state index in [0.29, 0.717) is 29.5 Å². The van der Waals surface area contributed by atoms with Gasteiger partial charge in [0.05, 0.1) is 19.9 Å². The maximum Gasteiger partial charge on any atom is 0.174 e. The van der Waals surface area contributed by atoms with Crippen molar-refractivity contribution in [1.29, 1.82) is 0 Å². The Labute approximate surface area is 182 Å². The molecule has 0 aliphatic heterocycles. The lowest BCUT2D eigenvalue weighted by Gasteiger charge is -2.27. The molecule has 3 rings (SSSR count). The number of thiocarbonyl (C=S) groups is 1. The van der Waals surface area contributed by atoms with Crippen LogP contribution in [0.25, 0.3) is 0 Å². The number of halogens is 1. The van der Waals surface area contributed by atoms with E-state index in [1.807, 2.05) is 60.4 Å². The summed E-state index contributed by atoms with van der Waals surface area (Å²) in [4.78, 5) is 1.93. The summed E-state index contributed by atoms with van der Waals surface area (Å²) in [7, 11) is 3.25. The van der Waals surface area contributed by atoms with Gasteiger partial charge in [-0.1, -0.05) is 36.4 Å². The van der Waals surface area contributed by atoms with Crippen molar-refractivity contribution in [2.24, 2.45) is 0 Å². The summed E-state index contributed by atoms with van der Waals surface area (Å²) in [6.45, 7) is 2.84. The van der Waals surface area contributed by atoms with Crippen molar-refractivity contribution in [1.82, 2.24) is 4.90 Å². The van der Waals surface area contributed by atoms with E-state index in [9.17, 15) is 4.39 Å². The maximum absolute atomic E-state index is 14.3. The predicted octanol–water partition coefficient (Wildman–Crippen LogP) is 5.55. The Balaban J connectivity index is 1.85. The number of methoxy groups -OCH3 is 2. The van der Waals surface area contributed by atoms with Crippen LogP contribution < -0.4 is 14.8 Å². The van der Waals surface area contributed by atoms with Gasteiger partial charge in [-0.2, -0.15) is 0 Å². The van der Waals surface area contributed by atoms with Gasteiger partial charge >= 0.3 is 0 Å². The van der Waals surface area contributed by atoms with Crippen LogP contribution in [0.4, 0.5) is 10.1 Å². The fraction of sp³-hybridized carbons (Fsp3) is 0.208. The molecule has 3 aromatic carbocycles. The molecule has 0 amide bonds. The second kappa shape index (κ2) is 10.1. The third-order valence-electron chi connectivity index (χ3n) is 4.74. The highest BCUT2D eigenvalue weighted by molar-refractivity contribution is 7.80. The first-order valence-corrected chi connectivity index (χ1v) is 9.98. The van der Waals surface area contributed by atoms with Crippen LogP contribution in [0, 0.1) is 12.7 Å². The summed E-state index contributed by atoms with van der Waals surface area (Å²) in [5, 5.41) is 3.74. The minimum atomic E-state index is -0.257. The van der Waals surface area contributed by atoms with E-state index in [2.05, 4.69) is 5.32 Å². The second-order valence-electron chi connectivity index (χ2n) is 6.93. The first-order valence-electron chi connectivity index (χ1n) is 9.57. The molecule has 4 nitrogen and oxygen atoms in total. The number of ether oxygens (including phenoxy) is 2. The van der Waals surface area contributed by atoms with Gasteiger partial charge in [-0.15, -0.1) is 0 Å². The molecule has 0 bridgehead atoms. The molecule has 0 atom stereocenters. The fourth-order valence-corrected chi connectivity index (χ4v) is 3.32. The third kappa shape index (κ3) is 5.48. The van der Waals surface area contributed by atoms with Gasteiger partial charge in [0.2, 0.25) is 0 Å². The molecule has 0 spiro atoms. The molecule has 1 N–H and O–H groups in total. The van der Waals surface area contributed by atoms with Crippen LogP contribution in [-0.4, -0.2) is 24.2 Å². The van der Waals surface area contributed by atoms with E-state index in [4.69, 9.17) is 21.7 Å². The lowest BCUT2D eigenvalue weighted by molar-refractivity contribution is 0.399. The number of nitrogens with one attached hydrogen (secondary N) is 1. The number of benzene rings is 3. The predicted molar refractivity (Wildman–Crippen MR) is 123 cm³/mol. The van der Waals surface area contributed by atoms with Crippen molar-refractivity contribution in [3.63, 3.8) is 0 Å². The maximum atomic E-state index is 14.3. The molecule has 3 aromatic rings.